The molecule has 1 aromatic rings. The van der Waals surface area contributed by atoms with Gasteiger partial charge in [-0.15, -0.1) is 0 Å². The van der Waals surface area contributed by atoms with Crippen molar-refractivity contribution < 1.29 is 9.59 Å². The van der Waals surface area contributed by atoms with Gasteiger partial charge in [-0.2, -0.15) is 0 Å². The molecule has 2 aliphatic rings. The number of hydrogen-bond acceptors (Lipinski definition) is 3. The van der Waals surface area contributed by atoms with Crippen molar-refractivity contribution in [2.45, 2.75) is 45.2 Å². The lowest BCUT2D eigenvalue weighted by Gasteiger charge is -2.43. The van der Waals surface area contributed by atoms with Gasteiger partial charge in [0.15, 0.2) is 5.11 Å². The third-order valence-corrected chi connectivity index (χ3v) is 5.45. The Labute approximate surface area is 154 Å². The van der Waals surface area contributed by atoms with E-state index in [2.05, 4.69) is 10.6 Å². The molecule has 0 spiro atoms. The molecule has 3 rings (SSSR count). The number of benzene rings is 1. The molecular formula is C19H25N3O2S. The molecule has 1 aliphatic carbocycles. The van der Waals surface area contributed by atoms with Crippen molar-refractivity contribution in [2.24, 2.45) is 11.8 Å². The first-order chi connectivity index (χ1) is 12.1. The number of fused-ring (bicyclic) bond motifs is 1. The summed E-state index contributed by atoms with van der Waals surface area (Å²) in [5, 5.41) is 6.83. The van der Waals surface area contributed by atoms with E-state index in [1.54, 1.807) is 4.90 Å². The Morgan fingerprint density at radius 3 is 2.80 bits per heavy atom. The van der Waals surface area contributed by atoms with E-state index in [1.807, 2.05) is 37.3 Å². The molecule has 6 heteroatoms. The van der Waals surface area contributed by atoms with E-state index in [1.165, 1.54) is 0 Å². The van der Waals surface area contributed by atoms with Gasteiger partial charge in [-0.3, -0.25) is 14.5 Å². The van der Waals surface area contributed by atoms with E-state index in [-0.39, 0.29) is 29.7 Å². The van der Waals surface area contributed by atoms with Gasteiger partial charge in [-0.05, 0) is 43.5 Å². The van der Waals surface area contributed by atoms with Crippen LogP contribution >= 0.6 is 12.2 Å². The second-order valence-electron chi connectivity index (χ2n) is 6.87. The van der Waals surface area contributed by atoms with Gasteiger partial charge in [0, 0.05) is 25.0 Å². The second kappa shape index (κ2) is 7.95. The maximum Gasteiger partial charge on any atom is 0.233 e. The Bertz CT molecular complexity index is 649. The van der Waals surface area contributed by atoms with Crippen LogP contribution in [0.4, 0.5) is 0 Å². The number of rotatable bonds is 5. The minimum Gasteiger partial charge on any atom is -0.359 e. The van der Waals surface area contributed by atoms with E-state index in [9.17, 15) is 9.59 Å². The van der Waals surface area contributed by atoms with Crippen LogP contribution in [0.15, 0.2) is 30.3 Å². The van der Waals surface area contributed by atoms with Crippen LogP contribution in [0.1, 0.15) is 38.2 Å². The van der Waals surface area contributed by atoms with Crippen molar-refractivity contribution in [3.05, 3.63) is 35.9 Å². The third kappa shape index (κ3) is 4.00. The van der Waals surface area contributed by atoms with Gasteiger partial charge in [0.05, 0.1) is 5.92 Å². The summed E-state index contributed by atoms with van der Waals surface area (Å²) in [6.07, 6.45) is 3.04. The Morgan fingerprint density at radius 2 is 2.08 bits per heavy atom. The van der Waals surface area contributed by atoms with E-state index < -0.39 is 0 Å². The Kier molecular flexibility index (Phi) is 5.68. The molecule has 2 amide bonds. The van der Waals surface area contributed by atoms with Gasteiger partial charge < -0.3 is 10.6 Å². The SMILES string of the molecule is CCCN1C(=O)C2CCC(C(=O)NCc3ccccc3)CC2NC1=S. The van der Waals surface area contributed by atoms with Crippen molar-refractivity contribution in [3.63, 3.8) is 0 Å². The maximum atomic E-state index is 12.6. The lowest BCUT2D eigenvalue weighted by Crippen LogP contribution is -2.62. The van der Waals surface area contributed by atoms with Gasteiger partial charge in [0.2, 0.25) is 11.8 Å². The first-order valence-electron chi connectivity index (χ1n) is 9.03. The summed E-state index contributed by atoms with van der Waals surface area (Å²) in [5.41, 5.74) is 1.09. The molecule has 1 heterocycles. The largest absolute Gasteiger partial charge is 0.359 e. The van der Waals surface area contributed by atoms with Crippen LogP contribution in [-0.4, -0.2) is 34.4 Å². The standard InChI is InChI=1S/C19H25N3O2S/c1-2-10-22-18(24)15-9-8-14(11-16(15)21-19(22)25)17(23)20-12-13-6-4-3-5-7-13/h3-7,14-16H,2,8-12H2,1H3,(H,20,23)(H,21,25). The van der Waals surface area contributed by atoms with Gasteiger partial charge in [-0.1, -0.05) is 37.3 Å². The number of amides is 2. The Balaban J connectivity index is 1.57. The molecule has 0 radical (unpaired) electrons. The van der Waals surface area contributed by atoms with E-state index in [4.69, 9.17) is 12.2 Å². The number of nitrogens with one attached hydrogen (secondary N) is 2. The predicted molar refractivity (Wildman–Crippen MR) is 101 cm³/mol. The fraction of sp³-hybridized carbons (Fsp3) is 0.526. The summed E-state index contributed by atoms with van der Waals surface area (Å²) in [7, 11) is 0. The predicted octanol–water partition coefficient (Wildman–Crippen LogP) is 2.21. The maximum absolute atomic E-state index is 12.6. The quantitative estimate of drug-likeness (QED) is 0.792. The van der Waals surface area contributed by atoms with Crippen LogP contribution < -0.4 is 10.6 Å². The van der Waals surface area contributed by atoms with Crippen LogP contribution in [0, 0.1) is 11.8 Å². The molecule has 3 unspecified atom stereocenters. The summed E-state index contributed by atoms with van der Waals surface area (Å²) in [6.45, 7) is 3.24. The van der Waals surface area contributed by atoms with E-state index in [0.717, 1.165) is 24.8 Å². The molecular weight excluding hydrogens is 334 g/mol. The van der Waals surface area contributed by atoms with Crippen LogP contribution in [0.3, 0.4) is 0 Å². The highest BCUT2D eigenvalue weighted by molar-refractivity contribution is 7.80. The third-order valence-electron chi connectivity index (χ3n) is 5.12. The van der Waals surface area contributed by atoms with Crippen LogP contribution in [0.2, 0.25) is 0 Å². The number of carbonyl (C=O) groups is 2. The molecule has 3 atom stereocenters. The zero-order valence-electron chi connectivity index (χ0n) is 14.5. The normalized spacial score (nSPS) is 26.0. The fourth-order valence-corrected chi connectivity index (χ4v) is 4.10. The van der Waals surface area contributed by atoms with E-state index >= 15 is 0 Å². The molecule has 134 valence electrons. The Hall–Kier alpha value is -1.95. The summed E-state index contributed by atoms with van der Waals surface area (Å²) in [4.78, 5) is 26.8. The minimum absolute atomic E-state index is 0.0191. The molecule has 2 N–H and O–H groups in total. The number of carbonyl (C=O) groups excluding carboxylic acids is 2. The highest BCUT2D eigenvalue weighted by Crippen LogP contribution is 2.33. The van der Waals surface area contributed by atoms with Crippen LogP contribution in [0.5, 0.6) is 0 Å². The molecule has 1 saturated heterocycles. The fourth-order valence-electron chi connectivity index (χ4n) is 3.77. The average molecular weight is 359 g/mol. The first kappa shape index (κ1) is 17.9. The van der Waals surface area contributed by atoms with Crippen molar-refractivity contribution in [1.29, 1.82) is 0 Å². The zero-order chi connectivity index (χ0) is 17.8. The lowest BCUT2D eigenvalue weighted by molar-refractivity contribution is -0.137. The van der Waals surface area contributed by atoms with Crippen molar-refractivity contribution in [1.82, 2.24) is 15.5 Å². The topological polar surface area (TPSA) is 61.4 Å². The number of hydrogen-bond donors (Lipinski definition) is 2. The smallest absolute Gasteiger partial charge is 0.233 e. The zero-order valence-corrected chi connectivity index (χ0v) is 15.3. The highest BCUT2D eigenvalue weighted by Gasteiger charge is 2.43. The van der Waals surface area contributed by atoms with Crippen molar-refractivity contribution >= 4 is 29.1 Å². The number of thiocarbonyl (C=S) groups is 1. The van der Waals surface area contributed by atoms with Crippen LogP contribution in [-0.2, 0) is 16.1 Å². The summed E-state index contributed by atoms with van der Waals surface area (Å²) < 4.78 is 0. The molecule has 2 fully saturated rings. The van der Waals surface area contributed by atoms with Gasteiger partial charge in [0.25, 0.3) is 0 Å². The summed E-state index contributed by atoms with van der Waals surface area (Å²) >= 11 is 5.35. The molecule has 0 bridgehead atoms. The first-order valence-corrected chi connectivity index (χ1v) is 9.44. The Morgan fingerprint density at radius 1 is 1.32 bits per heavy atom. The summed E-state index contributed by atoms with van der Waals surface area (Å²) in [5.74, 6) is 0.0689. The van der Waals surface area contributed by atoms with Gasteiger partial charge >= 0.3 is 0 Å². The second-order valence-corrected chi connectivity index (χ2v) is 7.25. The summed E-state index contributed by atoms with van der Waals surface area (Å²) in [6, 6.07) is 9.87. The molecule has 1 aromatic carbocycles. The average Bonchev–Trinajstić information content (AvgIpc) is 2.63. The van der Waals surface area contributed by atoms with Gasteiger partial charge in [0.1, 0.15) is 0 Å². The van der Waals surface area contributed by atoms with Crippen molar-refractivity contribution in [2.75, 3.05) is 6.54 Å². The number of nitrogens with zero attached hydrogens (tertiary/aromatic N) is 1. The van der Waals surface area contributed by atoms with Gasteiger partial charge in [-0.25, -0.2) is 0 Å². The molecule has 1 aliphatic heterocycles. The highest BCUT2D eigenvalue weighted by atomic mass is 32.1. The molecule has 1 saturated carbocycles. The molecule has 25 heavy (non-hydrogen) atoms. The van der Waals surface area contributed by atoms with E-state index in [0.29, 0.717) is 24.6 Å². The van der Waals surface area contributed by atoms with Crippen molar-refractivity contribution in [3.8, 4) is 0 Å². The minimum atomic E-state index is -0.0641. The van der Waals surface area contributed by atoms with Crippen LogP contribution in [0.25, 0.3) is 0 Å². The monoisotopic (exact) mass is 359 g/mol. The lowest BCUT2D eigenvalue weighted by atomic mass is 9.76. The molecule has 0 aromatic heterocycles. The molecule has 5 nitrogen and oxygen atoms in total.